The molecule has 0 amide bonds. The number of carbonyl (C=O) groups is 1. The summed E-state index contributed by atoms with van der Waals surface area (Å²) in [6.45, 7) is 0. The van der Waals surface area contributed by atoms with Crippen molar-refractivity contribution in [2.75, 3.05) is 7.11 Å². The van der Waals surface area contributed by atoms with Crippen molar-refractivity contribution in [1.82, 2.24) is 4.98 Å². The topological polar surface area (TPSA) is 39.2 Å². The molecule has 1 rings (SSSR count). The first-order valence-corrected chi connectivity index (χ1v) is 3.95. The van der Waals surface area contributed by atoms with E-state index in [4.69, 9.17) is 11.6 Å². The zero-order valence-corrected chi connectivity index (χ0v) is 7.89. The lowest BCUT2D eigenvalue weighted by atomic mass is 10.1. The number of carbonyl (C=O) groups excluding carboxylic acids is 1. The van der Waals surface area contributed by atoms with Crippen LogP contribution in [0.1, 0.15) is 22.3 Å². The van der Waals surface area contributed by atoms with Crippen molar-refractivity contribution < 1.29 is 18.3 Å². The number of ether oxygens (including phenoxy) is 1. The minimum Gasteiger partial charge on any atom is -0.493 e. The summed E-state index contributed by atoms with van der Waals surface area (Å²) >= 11 is 5.52. The molecule has 0 aromatic carbocycles. The summed E-state index contributed by atoms with van der Waals surface area (Å²) in [6, 6.07) is 0. The Labute approximate surface area is 83.7 Å². The van der Waals surface area contributed by atoms with Crippen molar-refractivity contribution in [3.8, 4) is 5.75 Å². The Morgan fingerprint density at radius 3 is 2.71 bits per heavy atom. The molecule has 1 aromatic heterocycles. The fourth-order valence-electron chi connectivity index (χ4n) is 1.01. The van der Waals surface area contributed by atoms with Crippen LogP contribution in [0.25, 0.3) is 0 Å². The van der Waals surface area contributed by atoms with Gasteiger partial charge < -0.3 is 4.74 Å². The zero-order valence-electron chi connectivity index (χ0n) is 7.13. The van der Waals surface area contributed by atoms with E-state index in [-0.39, 0.29) is 22.8 Å². The molecule has 76 valence electrons. The summed E-state index contributed by atoms with van der Waals surface area (Å²) in [6.07, 6.45) is -1.56. The number of hydrogen-bond acceptors (Lipinski definition) is 3. The van der Waals surface area contributed by atoms with E-state index < -0.39 is 12.0 Å². The van der Waals surface area contributed by atoms with E-state index in [0.29, 0.717) is 0 Å². The van der Waals surface area contributed by atoms with Gasteiger partial charge in [-0.25, -0.2) is 13.8 Å². The maximum atomic E-state index is 12.5. The van der Waals surface area contributed by atoms with Gasteiger partial charge in [0.15, 0.2) is 17.2 Å². The SMILES string of the molecule is COc1c(Cl)ncc(C=O)c1C(F)F. The third-order valence-electron chi connectivity index (χ3n) is 1.61. The smallest absolute Gasteiger partial charge is 0.268 e. The van der Waals surface area contributed by atoms with Crippen LogP contribution in [0.2, 0.25) is 5.15 Å². The highest BCUT2D eigenvalue weighted by atomic mass is 35.5. The molecule has 0 spiro atoms. The first-order chi connectivity index (χ1) is 6.61. The molecule has 0 saturated carbocycles. The molecular weight excluding hydrogens is 216 g/mol. The van der Waals surface area contributed by atoms with E-state index in [1.165, 1.54) is 7.11 Å². The second-order valence-corrected chi connectivity index (χ2v) is 2.73. The van der Waals surface area contributed by atoms with E-state index in [1.54, 1.807) is 0 Å². The van der Waals surface area contributed by atoms with Gasteiger partial charge in [-0.2, -0.15) is 0 Å². The molecule has 0 unspecified atom stereocenters. The second kappa shape index (κ2) is 4.32. The Morgan fingerprint density at radius 2 is 2.29 bits per heavy atom. The van der Waals surface area contributed by atoms with Gasteiger partial charge in [0.05, 0.1) is 12.7 Å². The molecule has 0 fully saturated rings. The number of methoxy groups -OCH3 is 1. The predicted octanol–water partition coefficient (Wildman–Crippen LogP) is 2.49. The first kappa shape index (κ1) is 10.8. The molecule has 6 heteroatoms. The third kappa shape index (κ3) is 1.82. The fourth-order valence-corrected chi connectivity index (χ4v) is 1.24. The summed E-state index contributed by atoms with van der Waals surface area (Å²) < 4.78 is 29.7. The van der Waals surface area contributed by atoms with Crippen molar-refractivity contribution in [3.63, 3.8) is 0 Å². The van der Waals surface area contributed by atoms with Crippen molar-refractivity contribution in [3.05, 3.63) is 22.5 Å². The molecule has 0 saturated heterocycles. The van der Waals surface area contributed by atoms with Crippen LogP contribution >= 0.6 is 11.6 Å². The van der Waals surface area contributed by atoms with Gasteiger partial charge in [-0.1, -0.05) is 11.6 Å². The van der Waals surface area contributed by atoms with E-state index in [0.717, 1.165) is 6.20 Å². The molecule has 0 aliphatic carbocycles. The molecule has 1 heterocycles. The number of aldehydes is 1. The van der Waals surface area contributed by atoms with Crippen LogP contribution in [0.15, 0.2) is 6.20 Å². The molecule has 0 atom stereocenters. The number of hydrogen-bond donors (Lipinski definition) is 0. The molecule has 0 radical (unpaired) electrons. The number of pyridine rings is 1. The summed E-state index contributed by atoms with van der Waals surface area (Å²) in [7, 11) is 1.18. The summed E-state index contributed by atoms with van der Waals surface area (Å²) in [4.78, 5) is 14.0. The highest BCUT2D eigenvalue weighted by molar-refractivity contribution is 6.31. The van der Waals surface area contributed by atoms with Crippen LogP contribution in [-0.2, 0) is 0 Å². The molecule has 0 aliphatic heterocycles. The molecule has 0 N–H and O–H groups in total. The van der Waals surface area contributed by atoms with Gasteiger partial charge in [-0.05, 0) is 0 Å². The van der Waals surface area contributed by atoms with Crippen LogP contribution in [0.4, 0.5) is 8.78 Å². The largest absolute Gasteiger partial charge is 0.493 e. The van der Waals surface area contributed by atoms with Crippen LogP contribution in [-0.4, -0.2) is 18.4 Å². The minimum atomic E-state index is -2.83. The highest BCUT2D eigenvalue weighted by Gasteiger charge is 2.21. The third-order valence-corrected chi connectivity index (χ3v) is 1.88. The van der Waals surface area contributed by atoms with Gasteiger partial charge in [0.25, 0.3) is 6.43 Å². The van der Waals surface area contributed by atoms with Crippen molar-refractivity contribution in [2.24, 2.45) is 0 Å². The van der Waals surface area contributed by atoms with Crippen LogP contribution in [0.3, 0.4) is 0 Å². The first-order valence-electron chi connectivity index (χ1n) is 3.57. The van der Waals surface area contributed by atoms with Crippen molar-refractivity contribution >= 4 is 17.9 Å². The molecule has 14 heavy (non-hydrogen) atoms. The van der Waals surface area contributed by atoms with Gasteiger partial charge in [-0.3, -0.25) is 4.79 Å². The molecule has 0 aliphatic rings. The Hall–Kier alpha value is -1.23. The Kier molecular flexibility index (Phi) is 3.35. The number of aromatic nitrogens is 1. The van der Waals surface area contributed by atoms with Crippen molar-refractivity contribution in [2.45, 2.75) is 6.43 Å². The van der Waals surface area contributed by atoms with Crippen LogP contribution in [0, 0.1) is 0 Å². The quantitative estimate of drug-likeness (QED) is 0.582. The van der Waals surface area contributed by atoms with Crippen LogP contribution < -0.4 is 4.74 Å². The second-order valence-electron chi connectivity index (χ2n) is 2.37. The summed E-state index contributed by atoms with van der Waals surface area (Å²) in [5.74, 6) is -0.258. The molecular formula is C8H6ClF2NO2. The van der Waals surface area contributed by atoms with Gasteiger partial charge in [-0.15, -0.1) is 0 Å². The zero-order chi connectivity index (χ0) is 10.7. The predicted molar refractivity (Wildman–Crippen MR) is 46.1 cm³/mol. The fraction of sp³-hybridized carbons (Fsp3) is 0.250. The Morgan fingerprint density at radius 1 is 1.64 bits per heavy atom. The van der Waals surface area contributed by atoms with Gasteiger partial charge in [0.1, 0.15) is 0 Å². The number of rotatable bonds is 3. The van der Waals surface area contributed by atoms with E-state index in [9.17, 15) is 13.6 Å². The number of alkyl halides is 2. The monoisotopic (exact) mass is 221 g/mol. The normalized spacial score (nSPS) is 10.4. The van der Waals surface area contributed by atoms with Crippen LogP contribution in [0.5, 0.6) is 5.75 Å². The Bertz CT molecular complexity index is 357. The lowest BCUT2D eigenvalue weighted by Crippen LogP contribution is -2.00. The lowest BCUT2D eigenvalue weighted by molar-refractivity contribution is 0.110. The highest BCUT2D eigenvalue weighted by Crippen LogP contribution is 2.35. The molecule has 3 nitrogen and oxygen atoms in total. The summed E-state index contributed by atoms with van der Waals surface area (Å²) in [5, 5.41) is -0.187. The van der Waals surface area contributed by atoms with E-state index in [1.807, 2.05) is 0 Å². The molecule has 1 aromatic rings. The standard InChI is InChI=1S/C8H6ClF2NO2/c1-14-6-5(8(10)11)4(3-13)2-12-7(6)9/h2-3,8H,1H3. The average Bonchev–Trinajstić information content (AvgIpc) is 2.17. The molecule has 0 bridgehead atoms. The maximum absolute atomic E-state index is 12.5. The number of halogens is 3. The maximum Gasteiger partial charge on any atom is 0.268 e. The average molecular weight is 222 g/mol. The van der Waals surface area contributed by atoms with Crippen molar-refractivity contribution in [1.29, 1.82) is 0 Å². The Balaban J connectivity index is 3.43. The minimum absolute atomic E-state index is 0.187. The number of nitrogens with zero attached hydrogens (tertiary/aromatic N) is 1. The van der Waals surface area contributed by atoms with E-state index in [2.05, 4.69) is 9.72 Å². The van der Waals surface area contributed by atoms with Gasteiger partial charge in [0, 0.05) is 11.8 Å². The summed E-state index contributed by atoms with van der Waals surface area (Å²) in [5.41, 5.74) is -0.747. The van der Waals surface area contributed by atoms with Gasteiger partial charge >= 0.3 is 0 Å². The van der Waals surface area contributed by atoms with Gasteiger partial charge in [0.2, 0.25) is 0 Å². The van der Waals surface area contributed by atoms with E-state index >= 15 is 0 Å². The lowest BCUT2D eigenvalue weighted by Gasteiger charge is -2.10.